The van der Waals surface area contributed by atoms with E-state index in [1.165, 1.54) is 0 Å². The van der Waals surface area contributed by atoms with Gasteiger partial charge in [0, 0.05) is 26.2 Å². The van der Waals surface area contributed by atoms with Crippen molar-refractivity contribution in [3.8, 4) is 0 Å². The van der Waals surface area contributed by atoms with Crippen LogP contribution in [0.3, 0.4) is 0 Å². The van der Waals surface area contributed by atoms with Gasteiger partial charge in [0.25, 0.3) is 5.91 Å². The summed E-state index contributed by atoms with van der Waals surface area (Å²) in [4.78, 5) is 20.2. The molecule has 0 saturated heterocycles. The third-order valence-corrected chi connectivity index (χ3v) is 3.83. The number of hydrogen-bond donors (Lipinski definition) is 3. The first-order valence-electron chi connectivity index (χ1n) is 8.22. The number of halogens is 1. The molecule has 2 aromatic rings. The lowest BCUT2D eigenvalue weighted by atomic mass is 10.1. The lowest BCUT2D eigenvalue weighted by Gasteiger charge is -2.11. The monoisotopic (exact) mass is 471 g/mol. The molecule has 0 saturated carbocycles. The molecule has 1 aromatic carbocycles. The number of nitrogens with zero attached hydrogens (tertiary/aromatic N) is 2. The Morgan fingerprint density at radius 2 is 2.04 bits per heavy atom. The molecule has 2 rings (SSSR count). The van der Waals surface area contributed by atoms with Gasteiger partial charge in [0.1, 0.15) is 5.76 Å². The average Bonchev–Trinajstić information content (AvgIpc) is 2.95. The Morgan fingerprint density at radius 1 is 1.27 bits per heavy atom. The van der Waals surface area contributed by atoms with Gasteiger partial charge in [-0.2, -0.15) is 0 Å². The van der Waals surface area contributed by atoms with Gasteiger partial charge in [-0.3, -0.25) is 9.79 Å². The summed E-state index contributed by atoms with van der Waals surface area (Å²) in [5, 5.41) is 9.04. The van der Waals surface area contributed by atoms with Gasteiger partial charge >= 0.3 is 0 Å². The van der Waals surface area contributed by atoms with E-state index >= 15 is 0 Å². The number of rotatable bonds is 6. The minimum absolute atomic E-state index is 0. The molecule has 7 nitrogen and oxygen atoms in total. The Hall–Kier alpha value is -2.10. The Labute approximate surface area is 171 Å². The van der Waals surface area contributed by atoms with E-state index in [2.05, 4.69) is 25.9 Å². The molecule has 8 heteroatoms. The highest BCUT2D eigenvalue weighted by Gasteiger charge is 2.07. The zero-order valence-electron chi connectivity index (χ0n) is 15.5. The highest BCUT2D eigenvalue weighted by molar-refractivity contribution is 14.0. The van der Waals surface area contributed by atoms with Gasteiger partial charge in [-0.1, -0.05) is 12.1 Å². The number of benzene rings is 1. The van der Waals surface area contributed by atoms with Gasteiger partial charge in [0.2, 0.25) is 5.89 Å². The summed E-state index contributed by atoms with van der Waals surface area (Å²) in [6.45, 7) is 4.98. The fourth-order valence-corrected chi connectivity index (χ4v) is 2.33. The Kier molecular flexibility index (Phi) is 9.11. The SMILES string of the molecule is CN=C(NCCc1cccc(C(=O)NC)c1)NCc1nc(C)c(C)o1.I. The first kappa shape index (κ1) is 21.9. The van der Waals surface area contributed by atoms with E-state index in [-0.39, 0.29) is 29.9 Å². The molecule has 0 aliphatic carbocycles. The van der Waals surface area contributed by atoms with Gasteiger partial charge < -0.3 is 20.4 Å². The highest BCUT2D eigenvalue weighted by Crippen LogP contribution is 2.08. The minimum atomic E-state index is -0.0798. The van der Waals surface area contributed by atoms with Crippen molar-refractivity contribution in [1.29, 1.82) is 0 Å². The molecule has 1 aromatic heterocycles. The van der Waals surface area contributed by atoms with Gasteiger partial charge in [-0.15, -0.1) is 24.0 Å². The molecule has 0 fully saturated rings. The molecular formula is C18H26IN5O2. The van der Waals surface area contributed by atoms with E-state index in [4.69, 9.17) is 4.42 Å². The maximum atomic E-state index is 11.7. The summed E-state index contributed by atoms with van der Waals surface area (Å²) in [5.41, 5.74) is 2.65. The Morgan fingerprint density at radius 3 is 2.65 bits per heavy atom. The highest BCUT2D eigenvalue weighted by atomic mass is 127. The second-order valence-corrected chi connectivity index (χ2v) is 5.63. The first-order valence-corrected chi connectivity index (χ1v) is 8.22. The number of carbonyl (C=O) groups excluding carboxylic acids is 1. The molecule has 142 valence electrons. The number of hydrogen-bond acceptors (Lipinski definition) is 4. The van der Waals surface area contributed by atoms with Crippen molar-refractivity contribution >= 4 is 35.8 Å². The van der Waals surface area contributed by atoms with Crippen LogP contribution in [-0.2, 0) is 13.0 Å². The number of aromatic nitrogens is 1. The molecule has 0 aliphatic rings. The third kappa shape index (κ3) is 6.32. The van der Waals surface area contributed by atoms with Gasteiger partial charge in [-0.05, 0) is 38.0 Å². The molecule has 1 amide bonds. The van der Waals surface area contributed by atoms with E-state index in [9.17, 15) is 4.79 Å². The van der Waals surface area contributed by atoms with Gasteiger partial charge in [0.05, 0.1) is 12.2 Å². The normalized spacial score (nSPS) is 10.8. The van der Waals surface area contributed by atoms with Crippen molar-refractivity contribution < 1.29 is 9.21 Å². The summed E-state index contributed by atoms with van der Waals surface area (Å²) >= 11 is 0. The molecule has 0 bridgehead atoms. The molecule has 0 aliphatic heterocycles. The van der Waals surface area contributed by atoms with Crippen LogP contribution in [0.15, 0.2) is 33.7 Å². The maximum Gasteiger partial charge on any atom is 0.251 e. The quantitative estimate of drug-likeness (QED) is 0.341. The van der Waals surface area contributed by atoms with Crippen molar-refractivity contribution in [3.63, 3.8) is 0 Å². The van der Waals surface area contributed by atoms with E-state index < -0.39 is 0 Å². The molecule has 3 N–H and O–H groups in total. The van der Waals surface area contributed by atoms with Crippen LogP contribution in [0.4, 0.5) is 0 Å². The number of amides is 1. The van der Waals surface area contributed by atoms with Crippen molar-refractivity contribution in [2.24, 2.45) is 4.99 Å². The number of carbonyl (C=O) groups is 1. The Balaban J connectivity index is 0.00000338. The van der Waals surface area contributed by atoms with Gasteiger partial charge in [0.15, 0.2) is 5.96 Å². The largest absolute Gasteiger partial charge is 0.444 e. The summed E-state index contributed by atoms with van der Waals surface area (Å²) in [6.07, 6.45) is 0.781. The molecule has 0 spiro atoms. The summed E-state index contributed by atoms with van der Waals surface area (Å²) < 4.78 is 5.53. The zero-order valence-corrected chi connectivity index (χ0v) is 17.9. The van der Waals surface area contributed by atoms with Crippen LogP contribution in [0.25, 0.3) is 0 Å². The molecule has 26 heavy (non-hydrogen) atoms. The smallest absolute Gasteiger partial charge is 0.251 e. The van der Waals surface area contributed by atoms with Crippen LogP contribution < -0.4 is 16.0 Å². The molecule has 0 atom stereocenters. The maximum absolute atomic E-state index is 11.7. The topological polar surface area (TPSA) is 91.5 Å². The minimum Gasteiger partial charge on any atom is -0.444 e. The van der Waals surface area contributed by atoms with Crippen LogP contribution >= 0.6 is 24.0 Å². The predicted octanol–water partition coefficient (Wildman–Crippen LogP) is 2.18. The molecule has 0 radical (unpaired) electrons. The third-order valence-electron chi connectivity index (χ3n) is 3.83. The molecular weight excluding hydrogens is 445 g/mol. The van der Waals surface area contributed by atoms with Crippen molar-refractivity contribution in [1.82, 2.24) is 20.9 Å². The van der Waals surface area contributed by atoms with Crippen molar-refractivity contribution in [2.45, 2.75) is 26.8 Å². The van der Waals surface area contributed by atoms with Crippen LogP contribution in [0.1, 0.15) is 33.3 Å². The van der Waals surface area contributed by atoms with E-state index in [0.29, 0.717) is 30.5 Å². The Bertz CT molecular complexity index is 738. The van der Waals surface area contributed by atoms with Crippen LogP contribution in [-0.4, -0.2) is 37.5 Å². The number of nitrogens with one attached hydrogen (secondary N) is 3. The van der Waals surface area contributed by atoms with Crippen LogP contribution in [0.2, 0.25) is 0 Å². The lowest BCUT2D eigenvalue weighted by molar-refractivity contribution is 0.0963. The fourth-order valence-electron chi connectivity index (χ4n) is 2.33. The van der Waals surface area contributed by atoms with Crippen LogP contribution in [0.5, 0.6) is 0 Å². The second kappa shape index (κ2) is 10.8. The predicted molar refractivity (Wildman–Crippen MR) is 113 cm³/mol. The summed E-state index contributed by atoms with van der Waals surface area (Å²) in [5.74, 6) is 2.06. The van der Waals surface area contributed by atoms with Crippen molar-refractivity contribution in [3.05, 3.63) is 52.7 Å². The average molecular weight is 471 g/mol. The van der Waals surface area contributed by atoms with Crippen LogP contribution in [0, 0.1) is 13.8 Å². The summed E-state index contributed by atoms with van der Waals surface area (Å²) in [6, 6.07) is 7.59. The number of oxazole rings is 1. The number of aliphatic imine (C=N–C) groups is 1. The molecule has 0 unspecified atom stereocenters. The van der Waals surface area contributed by atoms with E-state index in [1.54, 1.807) is 20.2 Å². The second-order valence-electron chi connectivity index (χ2n) is 5.63. The lowest BCUT2D eigenvalue weighted by Crippen LogP contribution is -2.37. The zero-order chi connectivity index (χ0) is 18.2. The standard InChI is InChI=1S/C18H25N5O2.HI/c1-12-13(2)25-16(23-12)11-22-18(20-4)21-9-8-14-6-5-7-15(10-14)17(24)19-3;/h5-7,10H,8-9,11H2,1-4H3,(H,19,24)(H2,20,21,22);1H. The van der Waals surface area contributed by atoms with Gasteiger partial charge in [-0.25, -0.2) is 4.98 Å². The van der Waals surface area contributed by atoms with Crippen molar-refractivity contribution in [2.75, 3.05) is 20.6 Å². The number of aryl methyl sites for hydroxylation is 2. The first-order chi connectivity index (χ1) is 12.0. The fraction of sp³-hybridized carbons (Fsp3) is 0.389. The molecule has 1 heterocycles. The van der Waals surface area contributed by atoms with E-state index in [0.717, 1.165) is 23.4 Å². The number of guanidine groups is 1. The van der Waals surface area contributed by atoms with E-state index in [1.807, 2.05) is 32.0 Å². The summed E-state index contributed by atoms with van der Waals surface area (Å²) in [7, 11) is 3.34.